The number of carbonyl (C=O) groups excluding carboxylic acids is 1. The lowest BCUT2D eigenvalue weighted by atomic mass is 10.0. The second kappa shape index (κ2) is 7.28. The van der Waals surface area contributed by atoms with E-state index in [-0.39, 0.29) is 5.91 Å². The molecule has 5 heteroatoms. The van der Waals surface area contributed by atoms with Gasteiger partial charge in [-0.1, -0.05) is 36.4 Å². The lowest BCUT2D eigenvalue weighted by Gasteiger charge is -2.10. The van der Waals surface area contributed by atoms with Crippen LogP contribution in [0.5, 0.6) is 11.5 Å². The molecule has 0 aromatic heterocycles. The lowest BCUT2D eigenvalue weighted by Crippen LogP contribution is -2.30. The first-order valence-corrected chi connectivity index (χ1v) is 6.69. The summed E-state index contributed by atoms with van der Waals surface area (Å²) in [6.45, 7) is 0. The number of hydrazine groups is 1. The minimum absolute atomic E-state index is 0.360. The first-order chi connectivity index (χ1) is 10.7. The zero-order valence-corrected chi connectivity index (χ0v) is 12.5. The van der Waals surface area contributed by atoms with Gasteiger partial charge >= 0.3 is 0 Å². The normalized spacial score (nSPS) is 11.0. The van der Waals surface area contributed by atoms with Gasteiger partial charge in [0.05, 0.1) is 14.2 Å². The number of nitrogens with one attached hydrogen (secondary N) is 1. The maximum Gasteiger partial charge on any atom is 0.265 e. The third-order valence-electron chi connectivity index (χ3n) is 3.18. The summed E-state index contributed by atoms with van der Waals surface area (Å²) in [5.74, 6) is 6.14. The first-order valence-electron chi connectivity index (χ1n) is 6.69. The second-order valence-corrected chi connectivity index (χ2v) is 4.51. The van der Waals surface area contributed by atoms with Gasteiger partial charge in [0.15, 0.2) is 11.5 Å². The van der Waals surface area contributed by atoms with Crippen LogP contribution in [0, 0.1) is 0 Å². The highest BCUT2D eigenvalue weighted by atomic mass is 16.5. The molecule has 5 nitrogen and oxygen atoms in total. The molecule has 2 aromatic rings. The number of hydrogen-bond donors (Lipinski definition) is 2. The van der Waals surface area contributed by atoms with Crippen molar-refractivity contribution in [1.82, 2.24) is 5.43 Å². The molecule has 3 N–H and O–H groups in total. The topological polar surface area (TPSA) is 73.6 Å². The first kappa shape index (κ1) is 15.6. The van der Waals surface area contributed by atoms with Crippen LogP contribution in [0.1, 0.15) is 11.1 Å². The van der Waals surface area contributed by atoms with Crippen molar-refractivity contribution in [2.75, 3.05) is 14.2 Å². The van der Waals surface area contributed by atoms with Crippen LogP contribution in [0.15, 0.2) is 48.5 Å². The maximum absolute atomic E-state index is 12.0. The van der Waals surface area contributed by atoms with Crippen LogP contribution in [-0.4, -0.2) is 20.1 Å². The standard InChI is InChI=1S/C17H18N2O3/c1-21-15-9-8-12(11-16(15)22-2)10-14(17(20)19-18)13-6-4-3-5-7-13/h3-11H,18H2,1-2H3,(H,19,20)/b14-10+. The molecule has 114 valence electrons. The minimum Gasteiger partial charge on any atom is -0.493 e. The summed E-state index contributed by atoms with van der Waals surface area (Å²) in [5.41, 5.74) is 4.22. The fourth-order valence-corrected chi connectivity index (χ4v) is 2.08. The Morgan fingerprint density at radius 1 is 1.05 bits per heavy atom. The van der Waals surface area contributed by atoms with Crippen LogP contribution in [0.2, 0.25) is 0 Å². The van der Waals surface area contributed by atoms with E-state index in [2.05, 4.69) is 5.43 Å². The predicted octanol–water partition coefficient (Wildman–Crippen LogP) is 2.23. The van der Waals surface area contributed by atoms with Crippen molar-refractivity contribution >= 4 is 17.6 Å². The summed E-state index contributed by atoms with van der Waals surface area (Å²) in [5, 5.41) is 0. The van der Waals surface area contributed by atoms with E-state index < -0.39 is 0 Å². The molecule has 0 saturated heterocycles. The molecule has 2 rings (SSSR count). The zero-order chi connectivity index (χ0) is 15.9. The van der Waals surface area contributed by atoms with E-state index in [0.717, 1.165) is 11.1 Å². The minimum atomic E-state index is -0.360. The summed E-state index contributed by atoms with van der Waals surface area (Å²) in [7, 11) is 3.14. The van der Waals surface area contributed by atoms with Crippen LogP contribution in [0.4, 0.5) is 0 Å². The van der Waals surface area contributed by atoms with Gasteiger partial charge in [0, 0.05) is 5.57 Å². The Labute approximate surface area is 129 Å². The third kappa shape index (κ3) is 3.45. The molecule has 0 atom stereocenters. The molecule has 0 aliphatic heterocycles. The van der Waals surface area contributed by atoms with Crippen molar-refractivity contribution in [3.63, 3.8) is 0 Å². The van der Waals surface area contributed by atoms with Crippen molar-refractivity contribution < 1.29 is 14.3 Å². The maximum atomic E-state index is 12.0. The molecular formula is C17H18N2O3. The second-order valence-electron chi connectivity index (χ2n) is 4.51. The van der Waals surface area contributed by atoms with Gasteiger partial charge < -0.3 is 9.47 Å². The molecule has 0 unspecified atom stereocenters. The Kier molecular flexibility index (Phi) is 5.16. The average Bonchev–Trinajstić information content (AvgIpc) is 2.59. The van der Waals surface area contributed by atoms with Gasteiger partial charge in [-0.3, -0.25) is 10.2 Å². The van der Waals surface area contributed by atoms with Crippen molar-refractivity contribution in [3.05, 3.63) is 59.7 Å². The average molecular weight is 298 g/mol. The summed E-state index contributed by atoms with van der Waals surface area (Å²) in [6, 6.07) is 14.7. The molecule has 0 aliphatic carbocycles. The molecule has 2 aromatic carbocycles. The lowest BCUT2D eigenvalue weighted by molar-refractivity contribution is -0.115. The molecule has 0 aliphatic rings. The van der Waals surface area contributed by atoms with Gasteiger partial charge in [-0.25, -0.2) is 5.84 Å². The zero-order valence-electron chi connectivity index (χ0n) is 12.5. The number of methoxy groups -OCH3 is 2. The molecule has 0 heterocycles. The molecule has 0 fully saturated rings. The van der Waals surface area contributed by atoms with E-state index in [1.807, 2.05) is 36.4 Å². The van der Waals surface area contributed by atoms with Crippen LogP contribution < -0.4 is 20.7 Å². The Balaban J connectivity index is 2.48. The highest BCUT2D eigenvalue weighted by Crippen LogP contribution is 2.29. The van der Waals surface area contributed by atoms with Crippen LogP contribution >= 0.6 is 0 Å². The number of ether oxygens (including phenoxy) is 2. The molecule has 0 spiro atoms. The quantitative estimate of drug-likeness (QED) is 0.292. The highest BCUT2D eigenvalue weighted by Gasteiger charge is 2.11. The van der Waals surface area contributed by atoms with Gasteiger partial charge in [-0.2, -0.15) is 0 Å². The Hall–Kier alpha value is -2.79. The Morgan fingerprint density at radius 3 is 2.32 bits per heavy atom. The number of nitrogens with two attached hydrogens (primary N) is 1. The van der Waals surface area contributed by atoms with Crippen LogP contribution in [0.25, 0.3) is 11.6 Å². The van der Waals surface area contributed by atoms with E-state index in [1.165, 1.54) is 0 Å². The van der Waals surface area contributed by atoms with Gasteiger partial charge in [0.25, 0.3) is 5.91 Å². The number of rotatable bonds is 5. The third-order valence-corrected chi connectivity index (χ3v) is 3.18. The van der Waals surface area contributed by atoms with Crippen LogP contribution in [-0.2, 0) is 4.79 Å². The molecule has 0 saturated carbocycles. The smallest absolute Gasteiger partial charge is 0.265 e. The van der Waals surface area contributed by atoms with E-state index in [0.29, 0.717) is 17.1 Å². The highest BCUT2D eigenvalue weighted by molar-refractivity contribution is 6.24. The number of hydrogen-bond acceptors (Lipinski definition) is 4. The summed E-state index contributed by atoms with van der Waals surface area (Å²) in [6.07, 6.45) is 1.75. The Bertz CT molecular complexity index is 682. The molecule has 0 bridgehead atoms. The van der Waals surface area contributed by atoms with E-state index in [4.69, 9.17) is 15.3 Å². The van der Waals surface area contributed by atoms with Crippen molar-refractivity contribution in [2.24, 2.45) is 5.84 Å². The Morgan fingerprint density at radius 2 is 1.73 bits per heavy atom. The predicted molar refractivity (Wildman–Crippen MR) is 86.2 cm³/mol. The van der Waals surface area contributed by atoms with Gasteiger partial charge in [0.2, 0.25) is 0 Å². The van der Waals surface area contributed by atoms with E-state index in [1.54, 1.807) is 32.4 Å². The number of carbonyl (C=O) groups is 1. The summed E-state index contributed by atoms with van der Waals surface area (Å²) >= 11 is 0. The van der Waals surface area contributed by atoms with E-state index in [9.17, 15) is 4.79 Å². The fraction of sp³-hybridized carbons (Fsp3) is 0.118. The van der Waals surface area contributed by atoms with Crippen molar-refractivity contribution in [2.45, 2.75) is 0 Å². The van der Waals surface area contributed by atoms with Crippen molar-refractivity contribution in [1.29, 1.82) is 0 Å². The van der Waals surface area contributed by atoms with Gasteiger partial charge in [0.1, 0.15) is 0 Å². The summed E-state index contributed by atoms with van der Waals surface area (Å²) < 4.78 is 10.5. The largest absolute Gasteiger partial charge is 0.493 e. The fourth-order valence-electron chi connectivity index (χ4n) is 2.08. The number of amides is 1. The van der Waals surface area contributed by atoms with E-state index >= 15 is 0 Å². The van der Waals surface area contributed by atoms with Crippen LogP contribution in [0.3, 0.4) is 0 Å². The molecule has 1 amide bonds. The molecule has 0 radical (unpaired) electrons. The van der Waals surface area contributed by atoms with Crippen molar-refractivity contribution in [3.8, 4) is 11.5 Å². The summed E-state index contributed by atoms with van der Waals surface area (Å²) in [4.78, 5) is 12.0. The van der Waals surface area contributed by atoms with Gasteiger partial charge in [-0.15, -0.1) is 0 Å². The van der Waals surface area contributed by atoms with Gasteiger partial charge in [-0.05, 0) is 29.3 Å². The molecular weight excluding hydrogens is 280 g/mol. The number of benzene rings is 2. The SMILES string of the molecule is COc1ccc(/C=C(/C(=O)NN)c2ccccc2)cc1OC. The molecule has 22 heavy (non-hydrogen) atoms. The monoisotopic (exact) mass is 298 g/mol.